The minimum atomic E-state index is -0.0325. The molecule has 0 radical (unpaired) electrons. The Morgan fingerprint density at radius 2 is 1.90 bits per heavy atom. The molecule has 0 N–H and O–H groups in total. The van der Waals surface area contributed by atoms with Crippen LogP contribution in [0.2, 0.25) is 0 Å². The minimum Gasteiger partial charge on any atom is -0.469 e. The monoisotopic (exact) mass is 268 g/mol. The van der Waals surface area contributed by atoms with E-state index >= 15 is 0 Å². The molecule has 0 aliphatic rings. The van der Waals surface area contributed by atoms with E-state index in [0.717, 1.165) is 12.0 Å². The second-order valence-electron chi connectivity index (χ2n) is 4.48. The zero-order valence-electron chi connectivity index (χ0n) is 11.1. The molecule has 1 heterocycles. The predicted octanol–water partition coefficient (Wildman–Crippen LogP) is 3.78. The fourth-order valence-electron chi connectivity index (χ4n) is 2.01. The van der Waals surface area contributed by atoms with E-state index in [2.05, 4.69) is 0 Å². The molecule has 2 rings (SSSR count). The lowest BCUT2D eigenvalue weighted by Crippen LogP contribution is -1.98. The van der Waals surface area contributed by atoms with Crippen LogP contribution in [0.25, 0.3) is 0 Å². The van der Waals surface area contributed by atoms with Crippen LogP contribution in [-0.4, -0.2) is 12.1 Å². The number of benzene rings is 1. The van der Waals surface area contributed by atoms with Gasteiger partial charge < -0.3 is 9.21 Å². The van der Waals surface area contributed by atoms with Gasteiger partial charge in [-0.05, 0) is 24.6 Å². The number of hydrogen-bond acceptors (Lipinski definition) is 3. The third kappa shape index (κ3) is 3.79. The number of rotatable bonds is 7. The van der Waals surface area contributed by atoms with Gasteiger partial charge in [-0.3, -0.25) is 4.79 Å². The molecule has 3 nitrogen and oxygen atoms in total. The van der Waals surface area contributed by atoms with Crippen molar-refractivity contribution in [1.82, 2.24) is 0 Å². The Morgan fingerprint density at radius 1 is 1.10 bits per heavy atom. The number of carbonyl (C=O) groups excluding carboxylic acids is 2. The highest BCUT2D eigenvalue weighted by Gasteiger charge is 2.12. The van der Waals surface area contributed by atoms with Crippen molar-refractivity contribution < 1.29 is 14.0 Å². The largest absolute Gasteiger partial charge is 0.469 e. The fraction of sp³-hybridized carbons (Fsp3) is 0.176. The van der Waals surface area contributed by atoms with E-state index in [1.165, 1.54) is 0 Å². The molecule has 20 heavy (non-hydrogen) atoms. The highest BCUT2D eigenvalue weighted by molar-refractivity contribution is 6.04. The molecular weight excluding hydrogens is 252 g/mol. The van der Waals surface area contributed by atoms with Crippen molar-refractivity contribution in [2.45, 2.75) is 18.8 Å². The normalized spacial score (nSPS) is 12.4. The SMILES string of the molecule is O=CC[C@@H](C/C=C/C(=O)c1ccccc1)c1ccco1. The first-order valence-corrected chi connectivity index (χ1v) is 6.54. The van der Waals surface area contributed by atoms with Crippen LogP contribution in [0.4, 0.5) is 0 Å². The molecule has 102 valence electrons. The standard InChI is InChI=1S/C17H16O3/c18-12-11-15(17-10-5-13-20-17)8-4-9-16(19)14-6-2-1-3-7-14/h1-7,9-10,12-13,15H,8,11H2/b9-4+/t15-/m1/s1. The molecule has 0 saturated heterocycles. The number of hydrogen-bond donors (Lipinski definition) is 0. The third-order valence-corrected chi connectivity index (χ3v) is 3.07. The van der Waals surface area contributed by atoms with Crippen LogP contribution < -0.4 is 0 Å². The topological polar surface area (TPSA) is 47.3 Å². The van der Waals surface area contributed by atoms with Crippen LogP contribution in [0.15, 0.2) is 65.3 Å². The molecule has 0 bridgehead atoms. The Balaban J connectivity index is 1.97. The minimum absolute atomic E-state index is 0.0117. The highest BCUT2D eigenvalue weighted by atomic mass is 16.3. The molecule has 0 amide bonds. The van der Waals surface area contributed by atoms with E-state index in [-0.39, 0.29) is 11.7 Å². The van der Waals surface area contributed by atoms with E-state index in [4.69, 9.17) is 4.42 Å². The van der Waals surface area contributed by atoms with E-state index in [9.17, 15) is 9.59 Å². The second kappa shape index (κ2) is 7.24. The van der Waals surface area contributed by atoms with Crippen molar-refractivity contribution in [1.29, 1.82) is 0 Å². The molecule has 2 aromatic rings. The first-order valence-electron chi connectivity index (χ1n) is 6.54. The van der Waals surface area contributed by atoms with E-state index < -0.39 is 0 Å². The number of aldehydes is 1. The Morgan fingerprint density at radius 3 is 2.55 bits per heavy atom. The molecule has 0 aliphatic carbocycles. The van der Waals surface area contributed by atoms with Crippen molar-refractivity contribution in [2.24, 2.45) is 0 Å². The summed E-state index contributed by atoms with van der Waals surface area (Å²) in [7, 11) is 0. The van der Waals surface area contributed by atoms with Crippen LogP contribution >= 0.6 is 0 Å². The van der Waals surface area contributed by atoms with Gasteiger partial charge in [-0.25, -0.2) is 0 Å². The zero-order chi connectivity index (χ0) is 14.2. The fourth-order valence-corrected chi connectivity index (χ4v) is 2.01. The lowest BCUT2D eigenvalue weighted by atomic mass is 9.98. The van der Waals surface area contributed by atoms with Crippen LogP contribution in [-0.2, 0) is 4.79 Å². The first kappa shape index (κ1) is 14.0. The van der Waals surface area contributed by atoms with Crippen LogP contribution in [0.5, 0.6) is 0 Å². The molecule has 0 unspecified atom stereocenters. The van der Waals surface area contributed by atoms with Gasteiger partial charge in [0.05, 0.1) is 6.26 Å². The van der Waals surface area contributed by atoms with E-state index in [1.54, 1.807) is 36.6 Å². The van der Waals surface area contributed by atoms with E-state index in [1.807, 2.05) is 24.3 Å². The molecular formula is C17H16O3. The Hall–Kier alpha value is -2.42. The summed E-state index contributed by atoms with van der Waals surface area (Å²) in [6.07, 6.45) is 6.80. The molecule has 1 atom stereocenters. The van der Waals surface area contributed by atoms with Crippen LogP contribution in [0.1, 0.15) is 34.9 Å². The van der Waals surface area contributed by atoms with Gasteiger partial charge in [0, 0.05) is 17.9 Å². The van der Waals surface area contributed by atoms with Crippen molar-refractivity contribution >= 4 is 12.1 Å². The Kier molecular flexibility index (Phi) is 5.07. The van der Waals surface area contributed by atoms with Gasteiger partial charge in [0.15, 0.2) is 5.78 Å². The molecule has 3 heteroatoms. The molecule has 1 aromatic carbocycles. The summed E-state index contributed by atoms with van der Waals surface area (Å²) in [5, 5.41) is 0. The average Bonchev–Trinajstić information content (AvgIpc) is 3.01. The summed E-state index contributed by atoms with van der Waals surface area (Å²) in [5.41, 5.74) is 0.661. The summed E-state index contributed by atoms with van der Waals surface area (Å²) < 4.78 is 5.31. The number of carbonyl (C=O) groups is 2. The van der Waals surface area contributed by atoms with Gasteiger partial charge in [-0.15, -0.1) is 0 Å². The average molecular weight is 268 g/mol. The van der Waals surface area contributed by atoms with E-state index in [0.29, 0.717) is 18.4 Å². The highest BCUT2D eigenvalue weighted by Crippen LogP contribution is 2.23. The Labute approximate surface area is 117 Å². The summed E-state index contributed by atoms with van der Waals surface area (Å²) in [6, 6.07) is 12.7. The molecule has 0 aliphatic heterocycles. The lowest BCUT2D eigenvalue weighted by Gasteiger charge is -2.07. The van der Waals surface area contributed by atoms with Crippen LogP contribution in [0, 0.1) is 0 Å². The maximum absolute atomic E-state index is 11.9. The number of furan rings is 1. The molecule has 0 saturated carbocycles. The Bertz CT molecular complexity index is 568. The number of ketones is 1. The van der Waals surface area contributed by atoms with Gasteiger partial charge in [-0.1, -0.05) is 36.4 Å². The van der Waals surface area contributed by atoms with Crippen molar-refractivity contribution in [2.75, 3.05) is 0 Å². The summed E-state index contributed by atoms with van der Waals surface area (Å²) >= 11 is 0. The molecule has 1 aromatic heterocycles. The van der Waals surface area contributed by atoms with Crippen LogP contribution in [0.3, 0.4) is 0 Å². The van der Waals surface area contributed by atoms with Crippen molar-refractivity contribution in [3.8, 4) is 0 Å². The van der Waals surface area contributed by atoms with Gasteiger partial charge in [0.1, 0.15) is 12.0 Å². The second-order valence-corrected chi connectivity index (χ2v) is 4.48. The number of allylic oxidation sites excluding steroid dienone is 2. The summed E-state index contributed by atoms with van der Waals surface area (Å²) in [5.74, 6) is 0.728. The smallest absolute Gasteiger partial charge is 0.185 e. The quantitative estimate of drug-likeness (QED) is 0.436. The maximum atomic E-state index is 11.9. The van der Waals surface area contributed by atoms with Gasteiger partial charge >= 0.3 is 0 Å². The zero-order valence-corrected chi connectivity index (χ0v) is 11.1. The van der Waals surface area contributed by atoms with Crippen molar-refractivity contribution in [3.05, 3.63) is 72.2 Å². The van der Waals surface area contributed by atoms with Gasteiger partial charge in [-0.2, -0.15) is 0 Å². The summed E-state index contributed by atoms with van der Waals surface area (Å²) in [4.78, 5) is 22.6. The van der Waals surface area contributed by atoms with Gasteiger partial charge in [0.25, 0.3) is 0 Å². The summed E-state index contributed by atoms with van der Waals surface area (Å²) in [6.45, 7) is 0. The molecule has 0 spiro atoms. The lowest BCUT2D eigenvalue weighted by molar-refractivity contribution is -0.108. The van der Waals surface area contributed by atoms with Gasteiger partial charge in [0.2, 0.25) is 0 Å². The maximum Gasteiger partial charge on any atom is 0.185 e. The first-order chi connectivity index (χ1) is 9.81. The van der Waals surface area contributed by atoms with Crippen molar-refractivity contribution in [3.63, 3.8) is 0 Å². The third-order valence-electron chi connectivity index (χ3n) is 3.07. The predicted molar refractivity (Wildman–Crippen MR) is 76.7 cm³/mol. The molecule has 0 fully saturated rings.